The fourth-order valence-corrected chi connectivity index (χ4v) is 3.43. The van der Waals surface area contributed by atoms with Gasteiger partial charge in [-0.15, -0.1) is 11.8 Å². The maximum absolute atomic E-state index is 12.6. The predicted molar refractivity (Wildman–Crippen MR) is 114 cm³/mol. The van der Waals surface area contributed by atoms with Crippen LogP contribution in [0.25, 0.3) is 0 Å². The van der Waals surface area contributed by atoms with Crippen molar-refractivity contribution in [3.8, 4) is 11.5 Å². The summed E-state index contributed by atoms with van der Waals surface area (Å²) >= 11 is 7.70. The quantitative estimate of drug-likeness (QED) is 0.501. The van der Waals surface area contributed by atoms with E-state index in [1.165, 1.54) is 5.56 Å². The molecule has 0 fully saturated rings. The van der Waals surface area contributed by atoms with Gasteiger partial charge in [-0.2, -0.15) is 0 Å². The largest absolute Gasteiger partial charge is 0.455 e. The summed E-state index contributed by atoms with van der Waals surface area (Å²) in [5.41, 5.74) is 1.75. The van der Waals surface area contributed by atoms with Crippen LogP contribution in [-0.2, 0) is 10.5 Å². The molecule has 1 amide bonds. The highest BCUT2D eigenvalue weighted by atomic mass is 35.5. The van der Waals surface area contributed by atoms with E-state index in [2.05, 4.69) is 17.4 Å². The van der Waals surface area contributed by atoms with Crippen LogP contribution in [0, 0.1) is 0 Å². The van der Waals surface area contributed by atoms with Crippen molar-refractivity contribution in [2.24, 2.45) is 0 Å². The molecule has 27 heavy (non-hydrogen) atoms. The number of para-hydroxylation sites is 1. The van der Waals surface area contributed by atoms with Gasteiger partial charge in [0.1, 0.15) is 5.75 Å². The zero-order valence-corrected chi connectivity index (χ0v) is 16.5. The van der Waals surface area contributed by atoms with Crippen molar-refractivity contribution in [2.75, 3.05) is 5.32 Å². The first kappa shape index (κ1) is 19.3. The van der Waals surface area contributed by atoms with Crippen LogP contribution in [0.3, 0.4) is 0 Å². The van der Waals surface area contributed by atoms with Crippen molar-refractivity contribution in [3.05, 3.63) is 89.4 Å². The molecule has 0 aliphatic rings. The third kappa shape index (κ3) is 5.78. The maximum atomic E-state index is 12.6. The highest BCUT2D eigenvalue weighted by Crippen LogP contribution is 2.32. The first-order chi connectivity index (χ1) is 13.1. The number of nitrogens with one attached hydrogen (secondary N) is 1. The van der Waals surface area contributed by atoms with Gasteiger partial charge in [0, 0.05) is 10.8 Å². The van der Waals surface area contributed by atoms with Gasteiger partial charge in [0.05, 0.1) is 10.9 Å². The van der Waals surface area contributed by atoms with E-state index >= 15 is 0 Å². The first-order valence-electron chi connectivity index (χ1n) is 8.60. The molecule has 0 radical (unpaired) electrons. The van der Waals surface area contributed by atoms with Crippen LogP contribution in [-0.4, -0.2) is 11.2 Å². The topological polar surface area (TPSA) is 38.3 Å². The van der Waals surface area contributed by atoms with Crippen LogP contribution >= 0.6 is 23.4 Å². The normalized spacial score (nSPS) is 11.6. The number of hydrogen-bond donors (Lipinski definition) is 1. The van der Waals surface area contributed by atoms with E-state index in [1.807, 2.05) is 55.5 Å². The van der Waals surface area contributed by atoms with E-state index in [0.29, 0.717) is 22.2 Å². The van der Waals surface area contributed by atoms with Crippen molar-refractivity contribution in [2.45, 2.75) is 17.9 Å². The zero-order valence-electron chi connectivity index (χ0n) is 14.9. The molecule has 0 saturated carbocycles. The summed E-state index contributed by atoms with van der Waals surface area (Å²) in [5.74, 6) is 1.94. The molecular weight excluding hydrogens is 378 g/mol. The molecule has 0 bridgehead atoms. The Morgan fingerprint density at radius 3 is 2.41 bits per heavy atom. The van der Waals surface area contributed by atoms with Crippen LogP contribution in [0.1, 0.15) is 12.5 Å². The number of anilines is 1. The minimum Gasteiger partial charge on any atom is -0.455 e. The predicted octanol–water partition coefficient (Wildman–Crippen LogP) is 6.39. The average molecular weight is 398 g/mol. The molecule has 138 valence electrons. The Kier molecular flexibility index (Phi) is 6.80. The van der Waals surface area contributed by atoms with Gasteiger partial charge in [-0.1, -0.05) is 60.1 Å². The van der Waals surface area contributed by atoms with Gasteiger partial charge in [-0.3, -0.25) is 4.79 Å². The fourth-order valence-electron chi connectivity index (χ4n) is 2.41. The highest BCUT2D eigenvalue weighted by Gasteiger charge is 2.16. The van der Waals surface area contributed by atoms with Gasteiger partial charge in [0.25, 0.3) is 0 Å². The highest BCUT2D eigenvalue weighted by molar-refractivity contribution is 7.99. The van der Waals surface area contributed by atoms with E-state index in [0.717, 1.165) is 5.75 Å². The Hall–Kier alpha value is -2.43. The van der Waals surface area contributed by atoms with Crippen LogP contribution in [0.4, 0.5) is 5.69 Å². The zero-order chi connectivity index (χ0) is 19.1. The van der Waals surface area contributed by atoms with E-state index in [1.54, 1.807) is 30.0 Å². The number of halogens is 1. The molecule has 1 atom stereocenters. The molecule has 0 unspecified atom stereocenters. The molecule has 0 saturated heterocycles. The van der Waals surface area contributed by atoms with E-state index in [4.69, 9.17) is 16.3 Å². The number of benzene rings is 3. The van der Waals surface area contributed by atoms with Gasteiger partial charge in [0.15, 0.2) is 5.75 Å². The van der Waals surface area contributed by atoms with Gasteiger partial charge in [0.2, 0.25) is 5.91 Å². The van der Waals surface area contributed by atoms with E-state index in [9.17, 15) is 4.79 Å². The van der Waals surface area contributed by atoms with Gasteiger partial charge >= 0.3 is 0 Å². The third-order valence-corrected chi connectivity index (χ3v) is 5.33. The Morgan fingerprint density at radius 1 is 1.04 bits per heavy atom. The molecule has 0 aliphatic heterocycles. The Balaban J connectivity index is 1.66. The van der Waals surface area contributed by atoms with E-state index in [-0.39, 0.29) is 11.2 Å². The second-order valence-electron chi connectivity index (χ2n) is 5.98. The van der Waals surface area contributed by atoms with Crippen LogP contribution in [0.5, 0.6) is 11.5 Å². The molecule has 3 nitrogen and oxygen atoms in total. The first-order valence-corrected chi connectivity index (χ1v) is 10.0. The molecule has 0 aliphatic carbocycles. The number of thioether (sulfide) groups is 1. The molecular formula is C22H20ClNO2S. The van der Waals surface area contributed by atoms with Crippen LogP contribution < -0.4 is 10.1 Å². The number of carbonyl (C=O) groups is 1. The summed E-state index contributed by atoms with van der Waals surface area (Å²) in [6, 6.07) is 24.7. The van der Waals surface area contributed by atoms with Crippen molar-refractivity contribution < 1.29 is 9.53 Å². The molecule has 0 spiro atoms. The lowest BCUT2D eigenvalue weighted by Gasteiger charge is -2.15. The summed E-state index contributed by atoms with van der Waals surface area (Å²) in [5, 5.41) is 3.26. The monoisotopic (exact) mass is 397 g/mol. The molecule has 0 aromatic heterocycles. The van der Waals surface area contributed by atoms with E-state index < -0.39 is 0 Å². The third-order valence-electron chi connectivity index (χ3n) is 3.88. The Morgan fingerprint density at radius 2 is 1.70 bits per heavy atom. The smallest absolute Gasteiger partial charge is 0.237 e. The molecule has 3 rings (SSSR count). The number of ether oxygens (including phenoxy) is 1. The summed E-state index contributed by atoms with van der Waals surface area (Å²) < 4.78 is 5.89. The lowest BCUT2D eigenvalue weighted by Crippen LogP contribution is -2.22. The van der Waals surface area contributed by atoms with Crippen molar-refractivity contribution in [3.63, 3.8) is 0 Å². The SMILES string of the molecule is C[C@@H](SCc1ccccc1)C(=O)Nc1cc(Cl)ccc1Oc1ccccc1. The number of carbonyl (C=O) groups excluding carboxylic acids is 1. The molecule has 5 heteroatoms. The summed E-state index contributed by atoms with van der Waals surface area (Å²) in [6.07, 6.45) is 0. The standard InChI is InChI=1S/C22H20ClNO2S/c1-16(27-15-17-8-4-2-5-9-17)22(25)24-20-14-18(23)12-13-21(20)26-19-10-6-3-7-11-19/h2-14,16H,15H2,1H3,(H,24,25)/t16-/m1/s1. The van der Waals surface area contributed by atoms with Gasteiger partial charge < -0.3 is 10.1 Å². The summed E-state index contributed by atoms with van der Waals surface area (Å²) in [7, 11) is 0. The fraction of sp³-hybridized carbons (Fsp3) is 0.136. The number of amides is 1. The lowest BCUT2D eigenvalue weighted by molar-refractivity contribution is -0.115. The van der Waals surface area contributed by atoms with Crippen molar-refractivity contribution >= 4 is 35.0 Å². The second kappa shape index (κ2) is 9.49. The van der Waals surface area contributed by atoms with Gasteiger partial charge in [-0.25, -0.2) is 0 Å². The lowest BCUT2D eigenvalue weighted by atomic mass is 10.2. The summed E-state index contributed by atoms with van der Waals surface area (Å²) in [4.78, 5) is 12.6. The minimum absolute atomic E-state index is 0.0869. The number of rotatable bonds is 7. The minimum atomic E-state index is -0.214. The van der Waals surface area contributed by atoms with Gasteiger partial charge in [-0.05, 0) is 42.8 Å². The Labute approximate surface area is 168 Å². The van der Waals surface area contributed by atoms with Crippen molar-refractivity contribution in [1.29, 1.82) is 0 Å². The molecule has 3 aromatic rings. The molecule has 3 aromatic carbocycles. The van der Waals surface area contributed by atoms with Crippen LogP contribution in [0.2, 0.25) is 5.02 Å². The average Bonchev–Trinajstić information content (AvgIpc) is 2.69. The maximum Gasteiger partial charge on any atom is 0.237 e. The second-order valence-corrected chi connectivity index (χ2v) is 7.75. The van der Waals surface area contributed by atoms with Crippen LogP contribution in [0.15, 0.2) is 78.9 Å². The van der Waals surface area contributed by atoms with Crippen molar-refractivity contribution in [1.82, 2.24) is 0 Å². The Bertz CT molecular complexity index is 887. The number of hydrogen-bond acceptors (Lipinski definition) is 3. The molecule has 0 heterocycles. The molecule has 1 N–H and O–H groups in total. The summed E-state index contributed by atoms with van der Waals surface area (Å²) in [6.45, 7) is 1.89.